The number of aromatic nitrogens is 1. The lowest BCUT2D eigenvalue weighted by Gasteiger charge is -2.08. The van der Waals surface area contributed by atoms with Crippen molar-refractivity contribution in [2.45, 2.75) is 19.5 Å². The molecule has 0 fully saturated rings. The van der Waals surface area contributed by atoms with Gasteiger partial charge in [0.05, 0.1) is 5.56 Å². The van der Waals surface area contributed by atoms with Crippen LogP contribution in [0.3, 0.4) is 0 Å². The first-order valence-electron chi connectivity index (χ1n) is 8.32. The predicted molar refractivity (Wildman–Crippen MR) is 94.2 cm³/mol. The van der Waals surface area contributed by atoms with Gasteiger partial charge in [0, 0.05) is 12.1 Å². The number of carbonyl (C=O) groups excluding carboxylic acids is 1. The number of rotatable bonds is 5. The van der Waals surface area contributed by atoms with Gasteiger partial charge < -0.3 is 9.73 Å². The van der Waals surface area contributed by atoms with Crippen molar-refractivity contribution in [2.75, 3.05) is 6.54 Å². The van der Waals surface area contributed by atoms with E-state index in [-0.39, 0.29) is 18.1 Å². The summed E-state index contributed by atoms with van der Waals surface area (Å²) in [5.41, 5.74) is 0.970. The summed E-state index contributed by atoms with van der Waals surface area (Å²) < 4.78 is 43.2. The van der Waals surface area contributed by atoms with E-state index in [1.807, 2.05) is 30.3 Å². The highest BCUT2D eigenvalue weighted by Gasteiger charge is 2.29. The molecule has 1 aromatic heterocycles. The van der Waals surface area contributed by atoms with Gasteiger partial charge in [0.2, 0.25) is 5.89 Å². The Hall–Kier alpha value is -3.09. The zero-order chi connectivity index (χ0) is 19.4. The van der Waals surface area contributed by atoms with E-state index in [1.165, 1.54) is 12.1 Å². The number of benzene rings is 2. The van der Waals surface area contributed by atoms with E-state index >= 15 is 0 Å². The summed E-state index contributed by atoms with van der Waals surface area (Å²) in [7, 11) is 0. The lowest BCUT2D eigenvalue weighted by Crippen LogP contribution is -2.26. The molecule has 140 valence electrons. The molecule has 0 aliphatic rings. The van der Waals surface area contributed by atoms with Crippen LogP contribution in [0.4, 0.5) is 13.2 Å². The van der Waals surface area contributed by atoms with E-state index in [2.05, 4.69) is 10.3 Å². The molecule has 0 spiro atoms. The van der Waals surface area contributed by atoms with Crippen LogP contribution < -0.4 is 5.32 Å². The van der Waals surface area contributed by atoms with Crippen molar-refractivity contribution >= 4 is 5.91 Å². The maximum atomic E-state index is 12.6. The standard InChI is InChI=1S/C20H17F3N2O2/c1-13-17(25-19(27-13)15-5-3-2-4-6-15)18(26)24-12-11-14-7-9-16(10-8-14)20(21,22)23/h2-10H,11-12H2,1H3,(H,24,26). The van der Waals surface area contributed by atoms with Crippen LogP contribution in [0.1, 0.15) is 27.4 Å². The molecule has 0 unspecified atom stereocenters. The predicted octanol–water partition coefficient (Wildman–Crippen LogP) is 4.64. The molecule has 0 radical (unpaired) electrons. The molecule has 3 rings (SSSR count). The number of amides is 1. The molecule has 0 bridgehead atoms. The van der Waals surface area contributed by atoms with Crippen LogP contribution in [-0.4, -0.2) is 17.4 Å². The second-order valence-corrected chi connectivity index (χ2v) is 5.99. The second-order valence-electron chi connectivity index (χ2n) is 5.99. The first kappa shape index (κ1) is 18.7. The molecule has 4 nitrogen and oxygen atoms in total. The number of oxazole rings is 1. The molecule has 0 aliphatic carbocycles. The van der Waals surface area contributed by atoms with E-state index in [0.29, 0.717) is 23.6 Å². The third kappa shape index (κ3) is 4.55. The first-order valence-corrected chi connectivity index (χ1v) is 8.32. The second kappa shape index (κ2) is 7.65. The Labute approximate surface area is 154 Å². The van der Waals surface area contributed by atoms with Crippen molar-refractivity contribution in [2.24, 2.45) is 0 Å². The highest BCUT2D eigenvalue weighted by molar-refractivity contribution is 5.93. The van der Waals surface area contributed by atoms with E-state index in [1.54, 1.807) is 6.92 Å². The Bertz CT molecular complexity index is 917. The summed E-state index contributed by atoms with van der Waals surface area (Å²) in [6.07, 6.45) is -3.94. The lowest BCUT2D eigenvalue weighted by atomic mass is 10.1. The number of hydrogen-bond acceptors (Lipinski definition) is 3. The van der Waals surface area contributed by atoms with Gasteiger partial charge in [-0.3, -0.25) is 4.79 Å². The van der Waals surface area contributed by atoms with Crippen LogP contribution in [0.5, 0.6) is 0 Å². The molecule has 1 heterocycles. The van der Waals surface area contributed by atoms with Crippen LogP contribution in [0.2, 0.25) is 0 Å². The molecule has 0 aliphatic heterocycles. The number of nitrogens with one attached hydrogen (secondary N) is 1. The number of nitrogens with zero attached hydrogens (tertiary/aromatic N) is 1. The minimum Gasteiger partial charge on any atom is -0.441 e. The van der Waals surface area contributed by atoms with Gasteiger partial charge in [0.25, 0.3) is 5.91 Å². The number of halogens is 3. The Morgan fingerprint density at radius 3 is 2.37 bits per heavy atom. The summed E-state index contributed by atoms with van der Waals surface area (Å²) in [6, 6.07) is 14.1. The van der Waals surface area contributed by atoms with Crippen molar-refractivity contribution in [1.82, 2.24) is 10.3 Å². The highest BCUT2D eigenvalue weighted by atomic mass is 19.4. The van der Waals surface area contributed by atoms with E-state index in [0.717, 1.165) is 17.7 Å². The fourth-order valence-corrected chi connectivity index (χ4v) is 2.58. The van der Waals surface area contributed by atoms with Crippen molar-refractivity contribution in [3.05, 3.63) is 77.2 Å². The van der Waals surface area contributed by atoms with Crippen LogP contribution >= 0.6 is 0 Å². The zero-order valence-electron chi connectivity index (χ0n) is 14.5. The van der Waals surface area contributed by atoms with Gasteiger partial charge in [-0.05, 0) is 43.2 Å². The van der Waals surface area contributed by atoms with Crippen molar-refractivity contribution in [3.8, 4) is 11.5 Å². The lowest BCUT2D eigenvalue weighted by molar-refractivity contribution is -0.137. The fourth-order valence-electron chi connectivity index (χ4n) is 2.58. The Morgan fingerprint density at radius 2 is 1.74 bits per heavy atom. The van der Waals surface area contributed by atoms with Crippen molar-refractivity contribution in [3.63, 3.8) is 0 Å². The number of alkyl halides is 3. The van der Waals surface area contributed by atoms with Crippen molar-refractivity contribution < 1.29 is 22.4 Å². The van der Waals surface area contributed by atoms with E-state index in [4.69, 9.17) is 4.42 Å². The summed E-state index contributed by atoms with van der Waals surface area (Å²) in [5, 5.41) is 2.71. The molecule has 1 amide bonds. The zero-order valence-corrected chi connectivity index (χ0v) is 14.5. The Balaban J connectivity index is 1.59. The van der Waals surface area contributed by atoms with Gasteiger partial charge in [-0.2, -0.15) is 13.2 Å². The fraction of sp³-hybridized carbons (Fsp3) is 0.200. The van der Waals surface area contributed by atoms with Crippen molar-refractivity contribution in [1.29, 1.82) is 0 Å². The van der Waals surface area contributed by atoms with Gasteiger partial charge in [-0.15, -0.1) is 0 Å². The van der Waals surface area contributed by atoms with Crippen LogP contribution in [0.25, 0.3) is 11.5 Å². The maximum Gasteiger partial charge on any atom is 0.416 e. The summed E-state index contributed by atoms with van der Waals surface area (Å²) in [4.78, 5) is 16.5. The van der Waals surface area contributed by atoms with Gasteiger partial charge in [-0.1, -0.05) is 30.3 Å². The topological polar surface area (TPSA) is 55.1 Å². The quantitative estimate of drug-likeness (QED) is 0.708. The molecular weight excluding hydrogens is 357 g/mol. The first-order chi connectivity index (χ1) is 12.8. The minimum atomic E-state index is -4.35. The van der Waals surface area contributed by atoms with Crippen LogP contribution in [0, 0.1) is 6.92 Å². The minimum absolute atomic E-state index is 0.196. The molecule has 7 heteroatoms. The average Bonchev–Trinajstić information content (AvgIpc) is 3.04. The molecule has 1 N–H and O–H groups in total. The number of carbonyl (C=O) groups is 1. The van der Waals surface area contributed by atoms with Gasteiger partial charge in [-0.25, -0.2) is 4.98 Å². The van der Waals surface area contributed by atoms with Gasteiger partial charge in [0.15, 0.2) is 5.69 Å². The van der Waals surface area contributed by atoms with Crippen LogP contribution in [0.15, 0.2) is 59.0 Å². The van der Waals surface area contributed by atoms with E-state index in [9.17, 15) is 18.0 Å². The average molecular weight is 374 g/mol. The third-order valence-electron chi connectivity index (χ3n) is 4.01. The van der Waals surface area contributed by atoms with E-state index < -0.39 is 11.7 Å². The molecular formula is C20H17F3N2O2. The summed E-state index contributed by atoms with van der Waals surface area (Å²) in [5.74, 6) is 0.382. The van der Waals surface area contributed by atoms with Crippen LogP contribution in [-0.2, 0) is 12.6 Å². The normalized spacial score (nSPS) is 11.4. The van der Waals surface area contributed by atoms with Gasteiger partial charge in [0.1, 0.15) is 5.76 Å². The number of hydrogen-bond donors (Lipinski definition) is 1. The number of aryl methyl sites for hydroxylation is 1. The molecule has 0 saturated heterocycles. The Morgan fingerprint density at radius 1 is 1.07 bits per heavy atom. The molecule has 2 aromatic carbocycles. The molecule has 0 atom stereocenters. The molecule has 0 saturated carbocycles. The third-order valence-corrected chi connectivity index (χ3v) is 4.01. The summed E-state index contributed by atoms with van der Waals surface area (Å²) >= 11 is 0. The monoisotopic (exact) mass is 374 g/mol. The smallest absolute Gasteiger partial charge is 0.416 e. The molecule has 3 aromatic rings. The summed E-state index contributed by atoms with van der Waals surface area (Å²) in [6.45, 7) is 1.93. The van der Waals surface area contributed by atoms with Gasteiger partial charge >= 0.3 is 6.18 Å². The molecule has 27 heavy (non-hydrogen) atoms. The highest BCUT2D eigenvalue weighted by Crippen LogP contribution is 2.29. The Kier molecular flexibility index (Phi) is 5.30. The SMILES string of the molecule is Cc1oc(-c2ccccc2)nc1C(=O)NCCc1ccc(C(F)(F)F)cc1. The largest absolute Gasteiger partial charge is 0.441 e. The maximum absolute atomic E-state index is 12.6.